The van der Waals surface area contributed by atoms with Gasteiger partial charge in [0.1, 0.15) is 5.75 Å². The number of carbonyl (C=O) groups is 1. The van der Waals surface area contributed by atoms with Gasteiger partial charge < -0.3 is 10.1 Å². The van der Waals surface area contributed by atoms with Gasteiger partial charge in [-0.15, -0.1) is 0 Å². The number of ether oxygens (including phenoxy) is 1. The van der Waals surface area contributed by atoms with E-state index in [-0.39, 0.29) is 5.78 Å². The predicted octanol–water partition coefficient (Wildman–Crippen LogP) is 1.97. The quantitative estimate of drug-likeness (QED) is 0.830. The average molecular weight is 251 g/mol. The largest absolute Gasteiger partial charge is 0.497 e. The molecular weight excluding hydrogens is 234 g/mol. The molecule has 17 heavy (non-hydrogen) atoms. The fourth-order valence-corrected chi connectivity index (χ4v) is 2.82. The van der Waals surface area contributed by atoms with Crippen LogP contribution in [0, 0.1) is 0 Å². The smallest absolute Gasteiger partial charge is 0.164 e. The number of hydrogen-bond donors (Lipinski definition) is 1. The molecule has 92 valence electrons. The fraction of sp³-hybridized carbons (Fsp3) is 0.462. The van der Waals surface area contributed by atoms with E-state index in [0.29, 0.717) is 12.5 Å². The minimum Gasteiger partial charge on any atom is -0.497 e. The lowest BCUT2D eigenvalue weighted by atomic mass is 10.0. The second-order valence-corrected chi connectivity index (χ2v) is 5.23. The lowest BCUT2D eigenvalue weighted by Crippen LogP contribution is -2.38. The second kappa shape index (κ2) is 6.07. The topological polar surface area (TPSA) is 38.3 Å². The average Bonchev–Trinajstić information content (AvgIpc) is 2.40. The van der Waals surface area contributed by atoms with E-state index in [1.165, 1.54) is 0 Å². The molecule has 0 saturated carbocycles. The zero-order valence-electron chi connectivity index (χ0n) is 9.94. The van der Waals surface area contributed by atoms with E-state index in [4.69, 9.17) is 4.74 Å². The molecule has 4 heteroatoms. The van der Waals surface area contributed by atoms with Gasteiger partial charge in [0.15, 0.2) is 5.78 Å². The van der Waals surface area contributed by atoms with E-state index in [1.807, 2.05) is 36.0 Å². The molecule has 1 saturated heterocycles. The fourth-order valence-electron chi connectivity index (χ4n) is 1.87. The highest BCUT2D eigenvalue weighted by atomic mass is 32.2. The van der Waals surface area contributed by atoms with Gasteiger partial charge in [-0.3, -0.25) is 4.79 Å². The lowest BCUT2D eigenvalue weighted by molar-refractivity contribution is 0.0972. The van der Waals surface area contributed by atoms with Crippen molar-refractivity contribution >= 4 is 17.5 Å². The highest BCUT2D eigenvalue weighted by molar-refractivity contribution is 7.99. The molecule has 0 bridgehead atoms. The number of nitrogens with one attached hydrogen (secondary N) is 1. The van der Waals surface area contributed by atoms with Crippen LogP contribution in [-0.4, -0.2) is 37.0 Å². The number of Topliss-reactive ketones (excluding diaryl/α,β-unsaturated/α-hetero) is 1. The van der Waals surface area contributed by atoms with E-state index in [0.717, 1.165) is 29.4 Å². The summed E-state index contributed by atoms with van der Waals surface area (Å²) in [7, 11) is 1.62. The summed E-state index contributed by atoms with van der Waals surface area (Å²) < 4.78 is 5.07. The number of rotatable bonds is 4. The van der Waals surface area contributed by atoms with Crippen LogP contribution in [0.4, 0.5) is 0 Å². The summed E-state index contributed by atoms with van der Waals surface area (Å²) in [6, 6.07) is 7.64. The van der Waals surface area contributed by atoms with Crippen LogP contribution in [0.2, 0.25) is 0 Å². The van der Waals surface area contributed by atoms with E-state index in [2.05, 4.69) is 5.32 Å². The van der Waals surface area contributed by atoms with E-state index < -0.39 is 0 Å². The maximum atomic E-state index is 12.0. The Bertz CT molecular complexity index is 372. The van der Waals surface area contributed by atoms with Crippen LogP contribution in [0.5, 0.6) is 5.75 Å². The molecule has 1 aliphatic rings. The van der Waals surface area contributed by atoms with Crippen molar-refractivity contribution in [1.29, 1.82) is 0 Å². The van der Waals surface area contributed by atoms with E-state index in [1.54, 1.807) is 7.11 Å². The maximum absolute atomic E-state index is 12.0. The number of ketones is 1. The highest BCUT2D eigenvalue weighted by Gasteiger charge is 2.17. The molecule has 1 N–H and O–H groups in total. The van der Waals surface area contributed by atoms with Crippen molar-refractivity contribution in [2.24, 2.45) is 0 Å². The van der Waals surface area contributed by atoms with Crippen LogP contribution in [0.25, 0.3) is 0 Å². The molecule has 1 aliphatic heterocycles. The van der Waals surface area contributed by atoms with Gasteiger partial charge in [0.05, 0.1) is 7.11 Å². The Morgan fingerprint density at radius 2 is 2.24 bits per heavy atom. The standard InChI is InChI=1S/C13H17NO2S/c1-16-12-4-2-10(3-5-12)13(15)8-11-9-17-7-6-14-11/h2-5,11,14H,6-9H2,1H3. The first-order valence-electron chi connectivity index (χ1n) is 5.78. The van der Waals surface area contributed by atoms with Crippen molar-refractivity contribution in [3.8, 4) is 5.75 Å². The van der Waals surface area contributed by atoms with Crippen molar-refractivity contribution in [3.05, 3.63) is 29.8 Å². The first-order valence-corrected chi connectivity index (χ1v) is 6.93. The molecule has 3 nitrogen and oxygen atoms in total. The van der Waals surface area contributed by atoms with Gasteiger partial charge in [0.25, 0.3) is 0 Å². The van der Waals surface area contributed by atoms with Crippen molar-refractivity contribution in [1.82, 2.24) is 5.32 Å². The molecule has 0 aliphatic carbocycles. The Hall–Kier alpha value is -1.00. The Morgan fingerprint density at radius 1 is 1.47 bits per heavy atom. The zero-order valence-corrected chi connectivity index (χ0v) is 10.8. The van der Waals surface area contributed by atoms with E-state index in [9.17, 15) is 4.79 Å². The molecule has 2 rings (SSSR count). The molecular formula is C13H17NO2S. The lowest BCUT2D eigenvalue weighted by Gasteiger charge is -2.22. The summed E-state index contributed by atoms with van der Waals surface area (Å²) in [4.78, 5) is 12.0. The van der Waals surface area contributed by atoms with Gasteiger partial charge in [0, 0.05) is 36.1 Å². The minimum absolute atomic E-state index is 0.202. The predicted molar refractivity (Wildman–Crippen MR) is 71.1 cm³/mol. The van der Waals surface area contributed by atoms with Crippen molar-refractivity contribution in [2.75, 3.05) is 25.2 Å². The molecule has 0 radical (unpaired) electrons. The molecule has 1 atom stereocenters. The van der Waals surface area contributed by atoms with Crippen LogP contribution >= 0.6 is 11.8 Å². The van der Waals surface area contributed by atoms with Gasteiger partial charge in [0.2, 0.25) is 0 Å². The maximum Gasteiger partial charge on any atom is 0.164 e. The summed E-state index contributed by atoms with van der Waals surface area (Å²) in [5.74, 6) is 3.16. The Balaban J connectivity index is 1.93. The summed E-state index contributed by atoms with van der Waals surface area (Å²) in [5, 5.41) is 3.38. The minimum atomic E-state index is 0.202. The summed E-state index contributed by atoms with van der Waals surface area (Å²) in [6.07, 6.45) is 0.583. The molecule has 1 heterocycles. The van der Waals surface area contributed by atoms with Crippen molar-refractivity contribution in [3.63, 3.8) is 0 Å². The van der Waals surface area contributed by atoms with Gasteiger partial charge in [-0.2, -0.15) is 11.8 Å². The van der Waals surface area contributed by atoms with Crippen molar-refractivity contribution < 1.29 is 9.53 Å². The van der Waals surface area contributed by atoms with Crippen LogP contribution < -0.4 is 10.1 Å². The Morgan fingerprint density at radius 3 is 2.82 bits per heavy atom. The first-order chi connectivity index (χ1) is 8.29. The summed E-state index contributed by atoms with van der Waals surface area (Å²) in [6.45, 7) is 1.01. The van der Waals surface area contributed by atoms with Crippen LogP contribution in [0.1, 0.15) is 16.8 Å². The van der Waals surface area contributed by atoms with Gasteiger partial charge in [-0.1, -0.05) is 0 Å². The Kier molecular flexibility index (Phi) is 4.45. The highest BCUT2D eigenvalue weighted by Crippen LogP contribution is 2.16. The third-order valence-corrected chi connectivity index (χ3v) is 3.97. The Labute approximate surface area is 106 Å². The molecule has 0 amide bonds. The third kappa shape index (κ3) is 3.48. The van der Waals surface area contributed by atoms with E-state index >= 15 is 0 Å². The first kappa shape index (κ1) is 12.5. The molecule has 1 unspecified atom stereocenters. The third-order valence-electron chi connectivity index (χ3n) is 2.84. The van der Waals surface area contributed by atoms with Gasteiger partial charge in [-0.05, 0) is 24.3 Å². The summed E-state index contributed by atoms with van der Waals surface area (Å²) >= 11 is 1.91. The van der Waals surface area contributed by atoms with Crippen LogP contribution in [0.15, 0.2) is 24.3 Å². The van der Waals surface area contributed by atoms with Crippen molar-refractivity contribution in [2.45, 2.75) is 12.5 Å². The summed E-state index contributed by atoms with van der Waals surface area (Å²) in [5.41, 5.74) is 0.767. The number of benzene rings is 1. The second-order valence-electron chi connectivity index (χ2n) is 4.08. The van der Waals surface area contributed by atoms with Crippen LogP contribution in [-0.2, 0) is 0 Å². The molecule has 1 fully saturated rings. The molecule has 0 spiro atoms. The monoisotopic (exact) mass is 251 g/mol. The molecule has 0 aromatic heterocycles. The molecule has 1 aromatic carbocycles. The number of methoxy groups -OCH3 is 1. The van der Waals surface area contributed by atoms with Gasteiger partial charge >= 0.3 is 0 Å². The zero-order chi connectivity index (χ0) is 12.1. The normalized spacial score (nSPS) is 19.9. The van der Waals surface area contributed by atoms with Gasteiger partial charge in [-0.25, -0.2) is 0 Å². The van der Waals surface area contributed by atoms with Crippen LogP contribution in [0.3, 0.4) is 0 Å². The number of carbonyl (C=O) groups excluding carboxylic acids is 1. The number of hydrogen-bond acceptors (Lipinski definition) is 4. The number of thioether (sulfide) groups is 1. The SMILES string of the molecule is COc1ccc(C(=O)CC2CSCCN2)cc1. The molecule has 1 aromatic rings.